The molecule has 0 aliphatic heterocycles. The van der Waals surface area contributed by atoms with Crippen LogP contribution in [0.3, 0.4) is 0 Å². The Hall–Kier alpha value is -2.89. The van der Waals surface area contributed by atoms with Gasteiger partial charge in [0.05, 0.1) is 12.8 Å². The fourth-order valence-electron chi connectivity index (χ4n) is 2.97. The molecule has 3 rings (SSSR count). The molecule has 31 heavy (non-hydrogen) atoms. The second-order valence-electron chi connectivity index (χ2n) is 6.56. The van der Waals surface area contributed by atoms with E-state index in [1.165, 1.54) is 24.3 Å². The zero-order chi connectivity index (χ0) is 22.4. The van der Waals surface area contributed by atoms with Crippen LogP contribution in [-0.4, -0.2) is 13.0 Å². The van der Waals surface area contributed by atoms with Gasteiger partial charge in [-0.05, 0) is 70.1 Å². The second kappa shape index (κ2) is 10.4. The Kier molecular flexibility index (Phi) is 7.66. The van der Waals surface area contributed by atoms with Crippen molar-refractivity contribution < 1.29 is 13.9 Å². The van der Waals surface area contributed by atoms with Crippen molar-refractivity contribution in [2.45, 2.75) is 6.42 Å². The maximum Gasteiger partial charge on any atom is 0.266 e. The van der Waals surface area contributed by atoms with Gasteiger partial charge in [0.2, 0.25) is 0 Å². The number of methoxy groups -OCH3 is 1. The van der Waals surface area contributed by atoms with Crippen LogP contribution in [0.4, 0.5) is 10.1 Å². The molecule has 0 saturated carbocycles. The average Bonchev–Trinajstić information content (AvgIpc) is 2.76. The van der Waals surface area contributed by atoms with Crippen molar-refractivity contribution in [2.24, 2.45) is 0 Å². The Balaban J connectivity index is 1.91. The minimum absolute atomic E-state index is 0.0101. The summed E-state index contributed by atoms with van der Waals surface area (Å²) in [5.41, 5.74) is 2.38. The van der Waals surface area contributed by atoms with E-state index in [1.807, 2.05) is 36.4 Å². The fourth-order valence-corrected chi connectivity index (χ4v) is 3.99. The molecular weight excluding hydrogens is 530 g/mol. The highest BCUT2D eigenvalue weighted by atomic mass is 127. The highest BCUT2D eigenvalue weighted by Gasteiger charge is 2.15. The summed E-state index contributed by atoms with van der Waals surface area (Å²) in [6, 6.07) is 18.8. The van der Waals surface area contributed by atoms with Crippen molar-refractivity contribution in [2.75, 3.05) is 12.4 Å². The summed E-state index contributed by atoms with van der Waals surface area (Å²) in [7, 11) is 1.56. The van der Waals surface area contributed by atoms with Crippen molar-refractivity contribution in [3.8, 4) is 11.8 Å². The van der Waals surface area contributed by atoms with Crippen molar-refractivity contribution in [3.05, 3.63) is 97.3 Å². The lowest BCUT2D eigenvalue weighted by molar-refractivity contribution is -0.112. The molecule has 0 radical (unpaired) electrons. The first-order chi connectivity index (χ1) is 14.9. The van der Waals surface area contributed by atoms with Gasteiger partial charge in [-0.15, -0.1) is 0 Å². The number of nitrogens with zero attached hydrogens (tertiary/aromatic N) is 1. The van der Waals surface area contributed by atoms with Crippen molar-refractivity contribution in [1.29, 1.82) is 5.26 Å². The first-order valence-electron chi connectivity index (χ1n) is 9.20. The molecule has 0 saturated heterocycles. The molecule has 0 unspecified atom stereocenters. The maximum atomic E-state index is 13.8. The number of carbonyl (C=O) groups excluding carboxylic acids is 1. The summed E-state index contributed by atoms with van der Waals surface area (Å²) in [6.45, 7) is 0. The van der Waals surface area contributed by atoms with E-state index in [4.69, 9.17) is 16.3 Å². The molecule has 1 amide bonds. The lowest BCUT2D eigenvalue weighted by atomic mass is 10.0. The van der Waals surface area contributed by atoms with Gasteiger partial charge in [0.1, 0.15) is 23.2 Å². The molecule has 0 spiro atoms. The Labute approximate surface area is 198 Å². The van der Waals surface area contributed by atoms with Crippen LogP contribution in [0, 0.1) is 20.7 Å². The van der Waals surface area contributed by atoms with Crippen molar-refractivity contribution in [1.82, 2.24) is 0 Å². The van der Waals surface area contributed by atoms with Gasteiger partial charge in [0.25, 0.3) is 5.91 Å². The lowest BCUT2D eigenvalue weighted by Crippen LogP contribution is -2.14. The molecule has 1 N–H and O–H groups in total. The van der Waals surface area contributed by atoms with Crippen LogP contribution in [0.25, 0.3) is 6.08 Å². The third kappa shape index (κ3) is 5.63. The maximum absolute atomic E-state index is 13.8. The number of hydrogen-bond acceptors (Lipinski definition) is 3. The van der Waals surface area contributed by atoms with Crippen molar-refractivity contribution in [3.63, 3.8) is 0 Å². The minimum atomic E-state index is -0.693. The highest BCUT2D eigenvalue weighted by Crippen LogP contribution is 2.31. The summed E-state index contributed by atoms with van der Waals surface area (Å²) in [5, 5.41) is 12.6. The third-order valence-electron chi connectivity index (χ3n) is 4.52. The van der Waals surface area contributed by atoms with E-state index in [0.29, 0.717) is 22.8 Å². The highest BCUT2D eigenvalue weighted by molar-refractivity contribution is 14.1. The molecule has 0 bridgehead atoms. The lowest BCUT2D eigenvalue weighted by Gasteiger charge is -2.13. The minimum Gasteiger partial charge on any atom is -0.496 e. The summed E-state index contributed by atoms with van der Waals surface area (Å²) < 4.78 is 20.3. The van der Waals surface area contributed by atoms with E-state index in [0.717, 1.165) is 14.7 Å². The largest absolute Gasteiger partial charge is 0.496 e. The molecule has 3 aromatic carbocycles. The van der Waals surface area contributed by atoms with E-state index in [9.17, 15) is 14.4 Å². The van der Waals surface area contributed by atoms with Gasteiger partial charge < -0.3 is 10.1 Å². The summed E-state index contributed by atoms with van der Waals surface area (Å²) in [4.78, 5) is 12.5. The van der Waals surface area contributed by atoms with E-state index in [1.54, 1.807) is 19.2 Å². The standard InChI is InChI=1S/C24H17ClFIN2O2/c1-31-23-12-15(11-21(27)18(23)13-16-6-2-3-7-19(16)25)10-17(14-28)24(30)29-22-9-5-4-8-20(22)26/h2-12H,13H2,1H3,(H,29,30)/b17-10+. The predicted molar refractivity (Wildman–Crippen MR) is 129 cm³/mol. The number of rotatable bonds is 6. The van der Waals surface area contributed by atoms with E-state index >= 15 is 0 Å². The molecule has 3 aromatic rings. The monoisotopic (exact) mass is 546 g/mol. The van der Waals surface area contributed by atoms with Gasteiger partial charge in [0, 0.05) is 20.6 Å². The van der Waals surface area contributed by atoms with Gasteiger partial charge >= 0.3 is 0 Å². The number of carbonyl (C=O) groups is 1. The van der Waals surface area contributed by atoms with Crippen LogP contribution in [0.1, 0.15) is 16.7 Å². The molecule has 4 nitrogen and oxygen atoms in total. The van der Waals surface area contributed by atoms with Gasteiger partial charge in [0.15, 0.2) is 0 Å². The number of ether oxygens (including phenoxy) is 1. The SMILES string of the molecule is COc1cc(/C=C(\C#N)C(=O)Nc2ccccc2F)cc(I)c1Cc1ccccc1Cl. The summed E-state index contributed by atoms with van der Waals surface area (Å²) >= 11 is 8.48. The van der Waals surface area contributed by atoms with E-state index < -0.39 is 11.7 Å². The number of hydrogen-bond donors (Lipinski definition) is 1. The first kappa shape index (κ1) is 22.8. The average molecular weight is 547 g/mol. The molecule has 0 heterocycles. The molecule has 0 aromatic heterocycles. The molecule has 0 atom stereocenters. The quantitative estimate of drug-likeness (QED) is 0.227. The third-order valence-corrected chi connectivity index (χ3v) is 5.85. The first-order valence-corrected chi connectivity index (χ1v) is 10.7. The number of para-hydroxylation sites is 1. The molecular formula is C24H17ClFIN2O2. The van der Waals surface area contributed by atoms with E-state index in [-0.39, 0.29) is 11.3 Å². The zero-order valence-corrected chi connectivity index (χ0v) is 19.4. The normalized spacial score (nSPS) is 11.0. The number of nitriles is 1. The van der Waals surface area contributed by atoms with Crippen LogP contribution in [0.15, 0.2) is 66.2 Å². The number of anilines is 1. The topological polar surface area (TPSA) is 62.1 Å². The fraction of sp³-hybridized carbons (Fsp3) is 0.0833. The Morgan fingerprint density at radius 1 is 1.23 bits per heavy atom. The Morgan fingerprint density at radius 3 is 2.61 bits per heavy atom. The predicted octanol–water partition coefficient (Wildman–Crippen LogP) is 6.23. The smallest absolute Gasteiger partial charge is 0.266 e. The summed E-state index contributed by atoms with van der Waals surface area (Å²) in [6.07, 6.45) is 2.02. The van der Waals surface area contributed by atoms with Crippen LogP contribution in [-0.2, 0) is 11.2 Å². The number of amides is 1. The molecule has 0 aliphatic carbocycles. The zero-order valence-electron chi connectivity index (χ0n) is 16.5. The van der Waals surface area contributed by atoms with Crippen LogP contribution >= 0.6 is 34.2 Å². The van der Waals surface area contributed by atoms with Gasteiger partial charge in [-0.3, -0.25) is 4.79 Å². The number of halogens is 3. The molecule has 156 valence electrons. The summed E-state index contributed by atoms with van der Waals surface area (Å²) in [5.74, 6) is -0.653. The van der Waals surface area contributed by atoms with Gasteiger partial charge in [-0.1, -0.05) is 41.9 Å². The van der Waals surface area contributed by atoms with E-state index in [2.05, 4.69) is 27.9 Å². The second-order valence-corrected chi connectivity index (χ2v) is 8.12. The van der Waals surface area contributed by atoms with Crippen LogP contribution < -0.4 is 10.1 Å². The van der Waals surface area contributed by atoms with Crippen LogP contribution in [0.5, 0.6) is 5.75 Å². The van der Waals surface area contributed by atoms with Crippen molar-refractivity contribution >= 4 is 51.9 Å². The Bertz CT molecular complexity index is 1200. The molecule has 0 fully saturated rings. The number of nitrogens with one attached hydrogen (secondary N) is 1. The Morgan fingerprint density at radius 2 is 1.94 bits per heavy atom. The van der Waals surface area contributed by atoms with Crippen LogP contribution in [0.2, 0.25) is 5.02 Å². The van der Waals surface area contributed by atoms with Gasteiger partial charge in [-0.25, -0.2) is 4.39 Å². The van der Waals surface area contributed by atoms with Gasteiger partial charge in [-0.2, -0.15) is 5.26 Å². The number of benzene rings is 3. The molecule has 0 aliphatic rings. The molecule has 7 heteroatoms.